The van der Waals surface area contributed by atoms with Gasteiger partial charge in [0.2, 0.25) is 0 Å². The highest BCUT2D eigenvalue weighted by atomic mass is 35.5. The Hall–Kier alpha value is -2.65. The number of nitro groups is 1. The molecule has 126 valence electrons. The number of aliphatic carboxylic acids is 1. The molecule has 0 spiro atoms. The molecule has 0 radical (unpaired) electrons. The van der Waals surface area contributed by atoms with E-state index in [1.54, 1.807) is 17.5 Å². The second-order valence-electron chi connectivity index (χ2n) is 4.51. The lowest BCUT2D eigenvalue weighted by atomic mass is 10.2. The maximum atomic E-state index is 11.9. The average molecular weight is 371 g/mol. The Kier molecular flexibility index (Phi) is 5.72. The SMILES string of the molecule is O=C(COc1ccc(Cl)cc1[N+](=O)[O-])NC(C(=O)O)c1cccs1. The van der Waals surface area contributed by atoms with E-state index < -0.39 is 29.4 Å². The van der Waals surface area contributed by atoms with Crippen LogP contribution >= 0.6 is 22.9 Å². The van der Waals surface area contributed by atoms with Crippen molar-refractivity contribution in [2.45, 2.75) is 6.04 Å². The first-order valence-corrected chi connectivity index (χ1v) is 7.76. The summed E-state index contributed by atoms with van der Waals surface area (Å²) in [5.74, 6) is -2.08. The van der Waals surface area contributed by atoms with Gasteiger partial charge >= 0.3 is 11.7 Å². The molecule has 0 aliphatic rings. The molecule has 2 rings (SSSR count). The Balaban J connectivity index is 2.03. The number of halogens is 1. The van der Waals surface area contributed by atoms with Crippen molar-refractivity contribution >= 4 is 40.5 Å². The summed E-state index contributed by atoms with van der Waals surface area (Å²) in [6.07, 6.45) is 0. The standard InChI is InChI=1S/C14H11ClN2O6S/c15-8-3-4-10(9(6-8)17(21)22)23-7-12(18)16-13(14(19)20)11-2-1-5-24-11/h1-6,13H,7H2,(H,16,18)(H,19,20). The van der Waals surface area contributed by atoms with Crippen molar-refractivity contribution < 1.29 is 24.4 Å². The molecule has 1 aromatic carbocycles. The van der Waals surface area contributed by atoms with Gasteiger partial charge in [0.25, 0.3) is 5.91 Å². The van der Waals surface area contributed by atoms with Crippen molar-refractivity contribution in [1.82, 2.24) is 5.32 Å². The maximum Gasteiger partial charge on any atom is 0.331 e. The zero-order valence-corrected chi connectivity index (χ0v) is 13.5. The minimum atomic E-state index is -1.22. The van der Waals surface area contributed by atoms with E-state index in [4.69, 9.17) is 16.3 Å². The molecule has 1 unspecified atom stereocenters. The molecule has 2 aromatic rings. The minimum Gasteiger partial charge on any atom is -0.479 e. The summed E-state index contributed by atoms with van der Waals surface area (Å²) in [6.45, 7) is -0.572. The zero-order valence-electron chi connectivity index (χ0n) is 12.0. The topological polar surface area (TPSA) is 119 Å². The average Bonchev–Trinajstić information content (AvgIpc) is 3.04. The number of amides is 1. The summed E-state index contributed by atoms with van der Waals surface area (Å²) >= 11 is 6.86. The van der Waals surface area contributed by atoms with Gasteiger partial charge in [-0.2, -0.15) is 0 Å². The lowest BCUT2D eigenvalue weighted by Crippen LogP contribution is -2.36. The fraction of sp³-hybridized carbons (Fsp3) is 0.143. The number of nitrogens with one attached hydrogen (secondary N) is 1. The third kappa shape index (κ3) is 4.43. The molecular formula is C14H11ClN2O6S. The smallest absolute Gasteiger partial charge is 0.331 e. The second kappa shape index (κ2) is 7.75. The fourth-order valence-electron chi connectivity index (χ4n) is 1.81. The van der Waals surface area contributed by atoms with Crippen LogP contribution in [0.2, 0.25) is 5.02 Å². The number of nitro benzene ring substituents is 1. The first kappa shape index (κ1) is 17.7. The molecule has 1 aromatic heterocycles. The number of nitrogens with zero attached hydrogens (tertiary/aromatic N) is 1. The lowest BCUT2D eigenvalue weighted by molar-refractivity contribution is -0.385. The monoisotopic (exact) mass is 370 g/mol. The number of hydrogen-bond donors (Lipinski definition) is 2. The molecule has 0 saturated heterocycles. The Morgan fingerprint density at radius 2 is 2.17 bits per heavy atom. The molecule has 24 heavy (non-hydrogen) atoms. The van der Waals surface area contributed by atoms with Crippen molar-refractivity contribution in [3.8, 4) is 5.75 Å². The normalized spacial score (nSPS) is 11.5. The van der Waals surface area contributed by atoms with Crippen LogP contribution < -0.4 is 10.1 Å². The van der Waals surface area contributed by atoms with Crippen molar-refractivity contribution in [1.29, 1.82) is 0 Å². The molecule has 10 heteroatoms. The molecule has 0 aliphatic carbocycles. The fourth-order valence-corrected chi connectivity index (χ4v) is 2.74. The van der Waals surface area contributed by atoms with Crippen LogP contribution in [0.25, 0.3) is 0 Å². The minimum absolute atomic E-state index is 0.137. The van der Waals surface area contributed by atoms with Crippen LogP contribution in [0.4, 0.5) is 5.69 Å². The van der Waals surface area contributed by atoms with Crippen LogP contribution in [-0.2, 0) is 9.59 Å². The van der Waals surface area contributed by atoms with E-state index in [2.05, 4.69) is 5.32 Å². The predicted molar refractivity (Wildman–Crippen MR) is 86.4 cm³/mol. The molecule has 8 nitrogen and oxygen atoms in total. The molecule has 1 atom stereocenters. The lowest BCUT2D eigenvalue weighted by Gasteiger charge is -2.13. The number of thiophene rings is 1. The number of carboxylic acid groups (broad SMARTS) is 1. The summed E-state index contributed by atoms with van der Waals surface area (Å²) in [4.78, 5) is 33.8. The highest BCUT2D eigenvalue weighted by molar-refractivity contribution is 7.10. The van der Waals surface area contributed by atoms with Gasteiger partial charge in [-0.15, -0.1) is 11.3 Å². The van der Waals surface area contributed by atoms with Crippen molar-refractivity contribution in [3.05, 3.63) is 55.7 Å². The summed E-state index contributed by atoms with van der Waals surface area (Å²) in [5, 5.41) is 24.2. The van der Waals surface area contributed by atoms with Gasteiger partial charge in [0.05, 0.1) is 4.92 Å². The van der Waals surface area contributed by atoms with Crippen molar-refractivity contribution in [2.24, 2.45) is 0 Å². The van der Waals surface area contributed by atoms with Crippen LogP contribution in [0.5, 0.6) is 5.75 Å². The summed E-state index contributed by atoms with van der Waals surface area (Å²) in [7, 11) is 0. The van der Waals surface area contributed by atoms with E-state index >= 15 is 0 Å². The number of ether oxygens (including phenoxy) is 1. The van der Waals surface area contributed by atoms with Crippen LogP contribution in [-0.4, -0.2) is 28.5 Å². The first-order valence-electron chi connectivity index (χ1n) is 6.51. The Bertz CT molecular complexity index is 765. The second-order valence-corrected chi connectivity index (χ2v) is 5.93. The molecular weight excluding hydrogens is 360 g/mol. The third-order valence-electron chi connectivity index (χ3n) is 2.86. The molecule has 1 amide bonds. The molecule has 2 N–H and O–H groups in total. The van der Waals surface area contributed by atoms with Gasteiger partial charge in [0.1, 0.15) is 0 Å². The third-order valence-corrected chi connectivity index (χ3v) is 4.03. The number of rotatable bonds is 7. The van der Waals surface area contributed by atoms with Crippen molar-refractivity contribution in [2.75, 3.05) is 6.61 Å². The molecule has 0 fully saturated rings. The molecule has 1 heterocycles. The van der Waals surface area contributed by atoms with E-state index in [9.17, 15) is 24.8 Å². The molecule has 0 aliphatic heterocycles. The number of benzene rings is 1. The van der Waals surface area contributed by atoms with E-state index in [1.165, 1.54) is 23.5 Å². The van der Waals surface area contributed by atoms with Gasteiger partial charge in [0, 0.05) is 16.0 Å². The highest BCUT2D eigenvalue weighted by Crippen LogP contribution is 2.29. The van der Waals surface area contributed by atoms with Crippen molar-refractivity contribution in [3.63, 3.8) is 0 Å². The summed E-state index contributed by atoms with van der Waals surface area (Å²) in [5.41, 5.74) is -0.386. The number of carboxylic acids is 1. The zero-order chi connectivity index (χ0) is 17.7. The Labute approximate surface area is 144 Å². The Morgan fingerprint density at radius 1 is 1.42 bits per heavy atom. The summed E-state index contributed by atoms with van der Waals surface area (Å²) < 4.78 is 5.11. The van der Waals surface area contributed by atoms with E-state index in [1.807, 2.05) is 0 Å². The van der Waals surface area contributed by atoms with E-state index in [-0.39, 0.29) is 16.5 Å². The van der Waals surface area contributed by atoms with E-state index in [0.29, 0.717) is 4.88 Å². The van der Waals surface area contributed by atoms with Crippen LogP contribution in [0.1, 0.15) is 10.9 Å². The molecule has 0 saturated carbocycles. The van der Waals surface area contributed by atoms with Gasteiger partial charge in [-0.05, 0) is 23.6 Å². The maximum absolute atomic E-state index is 11.9. The number of carbonyl (C=O) groups excluding carboxylic acids is 1. The van der Waals surface area contributed by atoms with Gasteiger partial charge in [0.15, 0.2) is 18.4 Å². The van der Waals surface area contributed by atoms with Gasteiger partial charge < -0.3 is 15.2 Å². The van der Waals surface area contributed by atoms with Gasteiger partial charge in [-0.3, -0.25) is 14.9 Å². The Morgan fingerprint density at radius 3 is 2.75 bits per heavy atom. The van der Waals surface area contributed by atoms with Crippen LogP contribution in [0.3, 0.4) is 0 Å². The predicted octanol–water partition coefficient (Wildman–Crippen LogP) is 2.63. The first-order chi connectivity index (χ1) is 11.4. The molecule has 0 bridgehead atoms. The van der Waals surface area contributed by atoms with Gasteiger partial charge in [-0.1, -0.05) is 17.7 Å². The summed E-state index contributed by atoms with van der Waals surface area (Å²) in [6, 6.07) is 5.78. The number of hydrogen-bond acceptors (Lipinski definition) is 6. The van der Waals surface area contributed by atoms with Gasteiger partial charge in [-0.25, -0.2) is 4.79 Å². The largest absolute Gasteiger partial charge is 0.479 e. The van der Waals surface area contributed by atoms with Crippen LogP contribution in [0.15, 0.2) is 35.7 Å². The number of carbonyl (C=O) groups is 2. The highest BCUT2D eigenvalue weighted by Gasteiger charge is 2.24. The van der Waals surface area contributed by atoms with Crippen LogP contribution in [0, 0.1) is 10.1 Å². The van der Waals surface area contributed by atoms with E-state index in [0.717, 1.165) is 6.07 Å². The quantitative estimate of drug-likeness (QED) is 0.571.